The molecule has 0 aromatic heterocycles. The van der Waals surface area contributed by atoms with E-state index in [0.717, 1.165) is 12.5 Å². The van der Waals surface area contributed by atoms with Crippen molar-refractivity contribution >= 4 is 0 Å². The first-order valence-corrected chi connectivity index (χ1v) is 7.43. The highest BCUT2D eigenvalue weighted by Crippen LogP contribution is 2.18. The molecule has 3 unspecified atom stereocenters. The molecular formula is C14H32N4. The van der Waals surface area contributed by atoms with E-state index in [-0.39, 0.29) is 0 Å². The minimum atomic E-state index is 0.400. The van der Waals surface area contributed by atoms with E-state index < -0.39 is 0 Å². The third-order valence-electron chi connectivity index (χ3n) is 4.23. The second kappa shape index (κ2) is 8.10. The Morgan fingerprint density at radius 3 is 2.67 bits per heavy atom. The summed E-state index contributed by atoms with van der Waals surface area (Å²) in [5.41, 5.74) is 3.07. The summed E-state index contributed by atoms with van der Waals surface area (Å²) in [5, 5.41) is 0. The Kier molecular flexibility index (Phi) is 7.15. The summed E-state index contributed by atoms with van der Waals surface area (Å²) in [7, 11) is 4.45. The van der Waals surface area contributed by atoms with Crippen molar-refractivity contribution in [1.82, 2.24) is 15.2 Å². The lowest BCUT2D eigenvalue weighted by Crippen LogP contribution is -2.54. The molecule has 0 aliphatic carbocycles. The Morgan fingerprint density at radius 2 is 2.06 bits per heavy atom. The predicted molar refractivity (Wildman–Crippen MR) is 78.3 cm³/mol. The quantitative estimate of drug-likeness (QED) is 0.555. The molecule has 0 aromatic carbocycles. The van der Waals surface area contributed by atoms with Gasteiger partial charge in [0.15, 0.2) is 0 Å². The van der Waals surface area contributed by atoms with E-state index >= 15 is 0 Å². The molecular weight excluding hydrogens is 224 g/mol. The molecule has 4 nitrogen and oxygen atoms in total. The summed E-state index contributed by atoms with van der Waals surface area (Å²) in [6.07, 6.45) is 4.99. The number of nitrogens with zero attached hydrogens (tertiary/aromatic N) is 2. The molecule has 1 rings (SSSR count). The Balaban J connectivity index is 2.59. The van der Waals surface area contributed by atoms with Crippen molar-refractivity contribution in [3.63, 3.8) is 0 Å². The van der Waals surface area contributed by atoms with E-state index in [1.54, 1.807) is 0 Å². The second-order valence-corrected chi connectivity index (χ2v) is 6.07. The molecule has 4 heteroatoms. The van der Waals surface area contributed by atoms with Crippen molar-refractivity contribution in [3.8, 4) is 0 Å². The molecule has 0 aromatic rings. The molecule has 1 fully saturated rings. The van der Waals surface area contributed by atoms with Gasteiger partial charge in [0, 0.05) is 18.6 Å². The lowest BCUT2D eigenvalue weighted by atomic mass is 9.92. The summed E-state index contributed by atoms with van der Waals surface area (Å²) in [4.78, 5) is 4.91. The van der Waals surface area contributed by atoms with Crippen LogP contribution in [0.25, 0.3) is 0 Å². The van der Waals surface area contributed by atoms with Crippen molar-refractivity contribution in [2.45, 2.75) is 51.6 Å². The zero-order valence-electron chi connectivity index (χ0n) is 12.7. The summed E-state index contributed by atoms with van der Waals surface area (Å²) in [6.45, 7) is 8.09. The largest absolute Gasteiger partial charge is 0.305 e. The van der Waals surface area contributed by atoms with Gasteiger partial charge < -0.3 is 9.80 Å². The lowest BCUT2D eigenvalue weighted by molar-refractivity contribution is 0.162. The van der Waals surface area contributed by atoms with Crippen molar-refractivity contribution in [2.75, 3.05) is 33.7 Å². The third-order valence-corrected chi connectivity index (χ3v) is 4.23. The van der Waals surface area contributed by atoms with Gasteiger partial charge in [-0.15, -0.1) is 0 Å². The van der Waals surface area contributed by atoms with Crippen LogP contribution >= 0.6 is 0 Å². The highest BCUT2D eigenvalue weighted by molar-refractivity contribution is 4.87. The molecule has 1 saturated heterocycles. The highest BCUT2D eigenvalue weighted by Gasteiger charge is 2.28. The third kappa shape index (κ3) is 4.84. The molecule has 108 valence electrons. The van der Waals surface area contributed by atoms with E-state index in [1.807, 2.05) is 0 Å². The van der Waals surface area contributed by atoms with E-state index in [2.05, 4.69) is 43.2 Å². The maximum atomic E-state index is 5.81. The molecule has 1 heterocycles. The number of nitrogens with two attached hydrogens (primary N) is 1. The van der Waals surface area contributed by atoms with Crippen molar-refractivity contribution in [1.29, 1.82) is 0 Å². The molecule has 0 saturated carbocycles. The number of hydrogen-bond donors (Lipinski definition) is 2. The van der Waals surface area contributed by atoms with Crippen LogP contribution in [0.2, 0.25) is 0 Å². The Morgan fingerprint density at radius 1 is 1.33 bits per heavy atom. The van der Waals surface area contributed by atoms with Crippen LogP contribution in [0.4, 0.5) is 0 Å². The van der Waals surface area contributed by atoms with Gasteiger partial charge in [-0.05, 0) is 45.9 Å². The van der Waals surface area contributed by atoms with Crippen LogP contribution in [0.3, 0.4) is 0 Å². The Bertz CT molecular complexity index is 222. The van der Waals surface area contributed by atoms with E-state index in [4.69, 9.17) is 5.84 Å². The normalized spacial score (nSPS) is 26.8. The lowest BCUT2D eigenvalue weighted by Gasteiger charge is -2.35. The molecule has 0 amide bonds. The number of hydrogen-bond acceptors (Lipinski definition) is 4. The van der Waals surface area contributed by atoms with Crippen LogP contribution in [0.15, 0.2) is 0 Å². The molecule has 1 aliphatic heterocycles. The van der Waals surface area contributed by atoms with E-state index in [0.29, 0.717) is 12.1 Å². The van der Waals surface area contributed by atoms with Crippen molar-refractivity contribution in [3.05, 3.63) is 0 Å². The Labute approximate surface area is 113 Å². The average molecular weight is 256 g/mol. The van der Waals surface area contributed by atoms with Gasteiger partial charge in [0.25, 0.3) is 0 Å². The van der Waals surface area contributed by atoms with Crippen LogP contribution in [-0.2, 0) is 0 Å². The first-order valence-electron chi connectivity index (χ1n) is 7.43. The minimum Gasteiger partial charge on any atom is -0.305 e. The monoisotopic (exact) mass is 256 g/mol. The first-order chi connectivity index (χ1) is 8.58. The fourth-order valence-corrected chi connectivity index (χ4v) is 3.12. The first kappa shape index (κ1) is 15.9. The zero-order chi connectivity index (χ0) is 13.5. The van der Waals surface area contributed by atoms with Gasteiger partial charge in [-0.1, -0.05) is 26.7 Å². The molecule has 0 radical (unpaired) electrons. The fourth-order valence-electron chi connectivity index (χ4n) is 3.12. The molecule has 0 bridgehead atoms. The standard InChI is InChI=1S/C14H32N4/c1-5-7-12(2)10-13(16-15)14-11-17(3)8-6-9-18(14)4/h12-14,16H,5-11,15H2,1-4H3. The molecule has 18 heavy (non-hydrogen) atoms. The maximum Gasteiger partial charge on any atom is 0.0386 e. The summed E-state index contributed by atoms with van der Waals surface area (Å²) < 4.78 is 0. The molecule has 0 spiro atoms. The highest BCUT2D eigenvalue weighted by atomic mass is 15.3. The smallest absolute Gasteiger partial charge is 0.0386 e. The van der Waals surface area contributed by atoms with Gasteiger partial charge in [-0.25, -0.2) is 0 Å². The molecule has 3 N–H and O–H groups in total. The fraction of sp³-hybridized carbons (Fsp3) is 1.00. The van der Waals surface area contributed by atoms with Gasteiger partial charge in [0.2, 0.25) is 0 Å². The van der Waals surface area contributed by atoms with Crippen molar-refractivity contribution in [2.24, 2.45) is 11.8 Å². The number of rotatable bonds is 6. The molecule has 1 aliphatic rings. The number of nitrogens with one attached hydrogen (secondary N) is 1. The molecule has 3 atom stereocenters. The summed E-state index contributed by atoms with van der Waals surface area (Å²) in [5.74, 6) is 6.56. The van der Waals surface area contributed by atoms with Crippen LogP contribution in [-0.4, -0.2) is 55.6 Å². The second-order valence-electron chi connectivity index (χ2n) is 6.07. The van der Waals surface area contributed by atoms with Gasteiger partial charge in [0.1, 0.15) is 0 Å². The van der Waals surface area contributed by atoms with Crippen LogP contribution in [0, 0.1) is 5.92 Å². The van der Waals surface area contributed by atoms with Gasteiger partial charge in [-0.3, -0.25) is 11.3 Å². The summed E-state index contributed by atoms with van der Waals surface area (Å²) in [6, 6.07) is 0.930. The van der Waals surface area contributed by atoms with Crippen LogP contribution in [0.1, 0.15) is 39.5 Å². The average Bonchev–Trinajstić information content (AvgIpc) is 2.49. The van der Waals surface area contributed by atoms with E-state index in [9.17, 15) is 0 Å². The minimum absolute atomic E-state index is 0.400. The van der Waals surface area contributed by atoms with Crippen LogP contribution in [0.5, 0.6) is 0 Å². The van der Waals surface area contributed by atoms with Crippen LogP contribution < -0.4 is 11.3 Å². The van der Waals surface area contributed by atoms with Gasteiger partial charge >= 0.3 is 0 Å². The Hall–Kier alpha value is -0.160. The topological polar surface area (TPSA) is 44.5 Å². The SMILES string of the molecule is CCCC(C)CC(NN)C1CN(C)CCCN1C. The zero-order valence-corrected chi connectivity index (χ0v) is 12.7. The van der Waals surface area contributed by atoms with Gasteiger partial charge in [0.05, 0.1) is 0 Å². The predicted octanol–water partition coefficient (Wildman–Crippen LogP) is 1.28. The maximum absolute atomic E-state index is 5.81. The van der Waals surface area contributed by atoms with Gasteiger partial charge in [-0.2, -0.15) is 0 Å². The van der Waals surface area contributed by atoms with E-state index in [1.165, 1.54) is 38.8 Å². The number of likely N-dealkylation sites (N-methyl/N-ethyl adjacent to an activating group) is 2. The summed E-state index contributed by atoms with van der Waals surface area (Å²) >= 11 is 0. The van der Waals surface area contributed by atoms with Crippen molar-refractivity contribution < 1.29 is 0 Å². The number of hydrazine groups is 1.